The highest BCUT2D eigenvalue weighted by Gasteiger charge is 2.31. The zero-order chi connectivity index (χ0) is 24.0. The largest absolute Gasteiger partial charge is 0.416 e. The van der Waals surface area contributed by atoms with Crippen molar-refractivity contribution in [1.29, 1.82) is 0 Å². The molecule has 3 amide bonds. The summed E-state index contributed by atoms with van der Waals surface area (Å²) in [5.41, 5.74) is 1.03. The Labute approximate surface area is 194 Å². The summed E-state index contributed by atoms with van der Waals surface area (Å²) < 4.78 is 39.6. The van der Waals surface area contributed by atoms with E-state index in [2.05, 4.69) is 10.6 Å². The van der Waals surface area contributed by atoms with Crippen LogP contribution in [-0.4, -0.2) is 25.0 Å². The molecule has 0 saturated carbocycles. The highest BCUT2D eigenvalue weighted by atomic mass is 35.5. The van der Waals surface area contributed by atoms with Crippen molar-refractivity contribution in [2.24, 2.45) is 0 Å². The maximum Gasteiger partial charge on any atom is 0.416 e. The van der Waals surface area contributed by atoms with Gasteiger partial charge in [0.1, 0.15) is 0 Å². The summed E-state index contributed by atoms with van der Waals surface area (Å²) in [7, 11) is 0. The van der Waals surface area contributed by atoms with Crippen molar-refractivity contribution in [3.05, 3.63) is 94.5 Å². The Bertz CT molecular complexity index is 1120. The normalized spacial score (nSPS) is 11.1. The van der Waals surface area contributed by atoms with E-state index in [1.807, 2.05) is 6.92 Å². The van der Waals surface area contributed by atoms with Gasteiger partial charge in [0.05, 0.1) is 5.56 Å². The predicted molar refractivity (Wildman–Crippen MR) is 123 cm³/mol. The highest BCUT2D eigenvalue weighted by molar-refractivity contribution is 6.30. The molecule has 3 aromatic carbocycles. The second-order valence-electron chi connectivity index (χ2n) is 7.26. The van der Waals surface area contributed by atoms with Gasteiger partial charge in [0.25, 0.3) is 5.91 Å². The van der Waals surface area contributed by atoms with Crippen LogP contribution in [0.4, 0.5) is 29.3 Å². The number of hydrogen-bond donors (Lipinski definition) is 2. The van der Waals surface area contributed by atoms with Crippen molar-refractivity contribution in [3.63, 3.8) is 0 Å². The van der Waals surface area contributed by atoms with Crippen LogP contribution in [0.25, 0.3) is 0 Å². The van der Waals surface area contributed by atoms with Crippen LogP contribution in [0.1, 0.15) is 21.5 Å². The van der Waals surface area contributed by atoms with Crippen molar-refractivity contribution in [2.75, 3.05) is 23.3 Å². The van der Waals surface area contributed by atoms with Gasteiger partial charge in [0, 0.05) is 35.1 Å². The molecule has 0 radical (unpaired) electrons. The van der Waals surface area contributed by atoms with Gasteiger partial charge in [-0.3, -0.25) is 9.69 Å². The second kappa shape index (κ2) is 10.4. The molecule has 0 heterocycles. The van der Waals surface area contributed by atoms with Crippen LogP contribution in [0.3, 0.4) is 0 Å². The molecular weight excluding hydrogens is 455 g/mol. The van der Waals surface area contributed by atoms with Gasteiger partial charge in [-0.2, -0.15) is 13.2 Å². The average molecular weight is 476 g/mol. The number of anilines is 2. The number of halogens is 4. The highest BCUT2D eigenvalue weighted by Crippen LogP contribution is 2.31. The SMILES string of the molecule is Cc1ccc(NC(=O)N(CCNC(=O)c2ccc(Cl)cc2)c2cccc(C(F)(F)F)c2)cc1. The molecule has 172 valence electrons. The third-order valence-corrected chi connectivity index (χ3v) is 5.01. The molecule has 5 nitrogen and oxygen atoms in total. The van der Waals surface area contributed by atoms with Crippen LogP contribution < -0.4 is 15.5 Å². The minimum Gasteiger partial charge on any atom is -0.350 e. The number of rotatable bonds is 6. The van der Waals surface area contributed by atoms with Crippen molar-refractivity contribution in [3.8, 4) is 0 Å². The standard InChI is InChI=1S/C24H21ClF3N3O2/c1-16-5-11-20(12-6-16)30-23(33)31(21-4-2-3-18(15-21)24(26,27)28)14-13-29-22(32)17-7-9-19(25)10-8-17/h2-12,15H,13-14H2,1H3,(H,29,32)(H,30,33). The summed E-state index contributed by atoms with van der Waals surface area (Å²) in [6.45, 7) is 1.85. The zero-order valence-electron chi connectivity index (χ0n) is 17.6. The maximum absolute atomic E-state index is 13.2. The van der Waals surface area contributed by atoms with Gasteiger partial charge in [-0.05, 0) is 61.5 Å². The Balaban J connectivity index is 1.77. The molecule has 33 heavy (non-hydrogen) atoms. The number of carbonyl (C=O) groups excluding carboxylic acids is 2. The first-order chi connectivity index (χ1) is 15.6. The van der Waals surface area contributed by atoms with Crippen LogP contribution in [0, 0.1) is 6.92 Å². The lowest BCUT2D eigenvalue weighted by Gasteiger charge is -2.24. The first-order valence-corrected chi connectivity index (χ1v) is 10.4. The van der Waals surface area contributed by atoms with E-state index >= 15 is 0 Å². The zero-order valence-corrected chi connectivity index (χ0v) is 18.4. The number of hydrogen-bond acceptors (Lipinski definition) is 2. The number of nitrogens with zero attached hydrogens (tertiary/aromatic N) is 1. The van der Waals surface area contributed by atoms with Crippen LogP contribution >= 0.6 is 11.6 Å². The smallest absolute Gasteiger partial charge is 0.350 e. The maximum atomic E-state index is 13.2. The van der Waals surface area contributed by atoms with Gasteiger partial charge in [-0.25, -0.2) is 4.79 Å². The Morgan fingerprint density at radius 3 is 2.27 bits per heavy atom. The molecule has 0 atom stereocenters. The van der Waals surface area contributed by atoms with E-state index in [1.165, 1.54) is 12.1 Å². The van der Waals surface area contributed by atoms with E-state index in [1.54, 1.807) is 48.5 Å². The lowest BCUT2D eigenvalue weighted by atomic mass is 10.2. The van der Waals surface area contributed by atoms with E-state index in [0.29, 0.717) is 16.3 Å². The summed E-state index contributed by atoms with van der Waals surface area (Å²) in [6.07, 6.45) is -4.56. The number of carbonyl (C=O) groups is 2. The summed E-state index contributed by atoms with van der Waals surface area (Å²) in [4.78, 5) is 26.4. The summed E-state index contributed by atoms with van der Waals surface area (Å²) in [5.74, 6) is -0.394. The fourth-order valence-corrected chi connectivity index (χ4v) is 3.14. The van der Waals surface area contributed by atoms with Gasteiger partial charge < -0.3 is 10.6 Å². The molecule has 0 aliphatic rings. The molecular formula is C24H21ClF3N3O2. The van der Waals surface area contributed by atoms with Crippen LogP contribution in [0.2, 0.25) is 5.02 Å². The molecule has 0 fully saturated rings. The number of amides is 3. The quantitative estimate of drug-likeness (QED) is 0.450. The Kier molecular flexibility index (Phi) is 7.60. The van der Waals surface area contributed by atoms with Gasteiger partial charge in [-0.15, -0.1) is 0 Å². The van der Waals surface area contributed by atoms with Crippen molar-refractivity contribution in [1.82, 2.24) is 5.32 Å². The van der Waals surface area contributed by atoms with Crippen LogP contribution in [0.15, 0.2) is 72.8 Å². The van der Waals surface area contributed by atoms with Crippen molar-refractivity contribution < 1.29 is 22.8 Å². The molecule has 0 unspecified atom stereocenters. The van der Waals surface area contributed by atoms with Gasteiger partial charge in [0.15, 0.2) is 0 Å². The van der Waals surface area contributed by atoms with Gasteiger partial charge in [-0.1, -0.05) is 35.4 Å². The summed E-state index contributed by atoms with van der Waals surface area (Å²) >= 11 is 5.82. The number of nitrogens with one attached hydrogen (secondary N) is 2. The third kappa shape index (κ3) is 6.73. The molecule has 3 aromatic rings. The molecule has 3 rings (SSSR count). The number of benzene rings is 3. The summed E-state index contributed by atoms with van der Waals surface area (Å²) in [6, 6.07) is 17.1. The molecule has 0 aliphatic carbocycles. The lowest BCUT2D eigenvalue weighted by Crippen LogP contribution is -2.41. The fraction of sp³-hybridized carbons (Fsp3) is 0.167. The molecule has 0 saturated heterocycles. The van der Waals surface area contributed by atoms with Gasteiger partial charge in [0.2, 0.25) is 0 Å². The first-order valence-electron chi connectivity index (χ1n) is 10.00. The first kappa shape index (κ1) is 24.1. The predicted octanol–water partition coefficient (Wildman–Crippen LogP) is 6.14. The van der Waals surface area contributed by atoms with E-state index < -0.39 is 23.7 Å². The molecule has 9 heteroatoms. The Hall–Kier alpha value is -3.52. The monoisotopic (exact) mass is 475 g/mol. The minimum atomic E-state index is -4.56. The molecule has 0 aliphatic heterocycles. The third-order valence-electron chi connectivity index (χ3n) is 4.76. The minimum absolute atomic E-state index is 0.0129. The Morgan fingerprint density at radius 1 is 0.970 bits per heavy atom. The Morgan fingerprint density at radius 2 is 1.64 bits per heavy atom. The van der Waals surface area contributed by atoms with E-state index in [0.717, 1.165) is 22.6 Å². The average Bonchev–Trinajstić information content (AvgIpc) is 2.78. The fourth-order valence-electron chi connectivity index (χ4n) is 3.01. The van der Waals surface area contributed by atoms with Gasteiger partial charge >= 0.3 is 12.2 Å². The van der Waals surface area contributed by atoms with E-state index in [9.17, 15) is 22.8 Å². The van der Waals surface area contributed by atoms with Crippen LogP contribution in [0.5, 0.6) is 0 Å². The molecule has 0 spiro atoms. The second-order valence-corrected chi connectivity index (χ2v) is 7.70. The van der Waals surface area contributed by atoms with E-state index in [-0.39, 0.29) is 18.8 Å². The van der Waals surface area contributed by atoms with Crippen molar-refractivity contribution in [2.45, 2.75) is 13.1 Å². The molecule has 0 bridgehead atoms. The number of alkyl halides is 3. The van der Waals surface area contributed by atoms with E-state index in [4.69, 9.17) is 11.6 Å². The summed E-state index contributed by atoms with van der Waals surface area (Å²) in [5, 5.41) is 5.83. The molecule has 0 aromatic heterocycles. The van der Waals surface area contributed by atoms with Crippen LogP contribution in [-0.2, 0) is 6.18 Å². The number of urea groups is 1. The molecule has 2 N–H and O–H groups in total. The lowest BCUT2D eigenvalue weighted by molar-refractivity contribution is -0.137. The number of aryl methyl sites for hydroxylation is 1. The topological polar surface area (TPSA) is 61.4 Å². The van der Waals surface area contributed by atoms with Crippen molar-refractivity contribution >= 4 is 34.9 Å².